The lowest BCUT2D eigenvalue weighted by atomic mass is 10.4. The van der Waals surface area contributed by atoms with Crippen LogP contribution in [0.3, 0.4) is 0 Å². The number of hydrogen-bond donors (Lipinski definition) is 2. The molecular weight excluding hydrogens is 523 g/mol. The van der Waals surface area contributed by atoms with Gasteiger partial charge in [-0.1, -0.05) is 13.8 Å². The van der Waals surface area contributed by atoms with Gasteiger partial charge in [-0.05, 0) is 5.25 Å². The molecule has 1 unspecified atom stereocenters. The Balaban J connectivity index is 3.85. The number of phosphoric acid groups is 1. The summed E-state index contributed by atoms with van der Waals surface area (Å²) in [5.74, 6) is -0.659. The van der Waals surface area contributed by atoms with Crippen molar-refractivity contribution in [2.24, 2.45) is 0 Å². The molecule has 0 spiro atoms. The Hall–Kier alpha value is -1.90. The zero-order valence-electron chi connectivity index (χ0n) is 21.0. The van der Waals surface area contributed by atoms with Crippen molar-refractivity contribution >= 4 is 43.5 Å². The number of phosphoric ester groups is 1. The van der Waals surface area contributed by atoms with Crippen LogP contribution in [-0.4, -0.2) is 93.8 Å². The van der Waals surface area contributed by atoms with Gasteiger partial charge in [0, 0.05) is 39.1 Å². The maximum atomic E-state index is 11.8. The molecule has 0 aromatic rings. The molecule has 36 heavy (non-hydrogen) atoms. The van der Waals surface area contributed by atoms with Crippen molar-refractivity contribution in [2.45, 2.75) is 45.5 Å². The van der Waals surface area contributed by atoms with Crippen LogP contribution in [0.25, 0.3) is 0 Å². The second-order valence-corrected chi connectivity index (χ2v) is 10.4. The summed E-state index contributed by atoms with van der Waals surface area (Å²) in [6.07, 6.45) is -1.51. The first-order valence-electron chi connectivity index (χ1n) is 11.2. The van der Waals surface area contributed by atoms with Crippen LogP contribution in [0, 0.1) is 0 Å². The Kier molecular flexibility index (Phi) is 19.1. The number of rotatable bonds is 20. The Morgan fingerprint density at radius 3 is 2.22 bits per heavy atom. The molecule has 0 fully saturated rings. The molecule has 14 nitrogen and oxygen atoms in total. The number of ether oxygens (including phenoxy) is 4. The summed E-state index contributed by atoms with van der Waals surface area (Å²) in [4.78, 5) is 56.8. The molecule has 210 valence electrons. The summed E-state index contributed by atoms with van der Waals surface area (Å²) in [5.41, 5.74) is 0. The van der Waals surface area contributed by atoms with Crippen LogP contribution >= 0.6 is 19.6 Å². The van der Waals surface area contributed by atoms with Crippen LogP contribution in [0.2, 0.25) is 0 Å². The Morgan fingerprint density at radius 1 is 0.889 bits per heavy atom. The molecule has 16 heteroatoms. The molecule has 0 aromatic heterocycles. The van der Waals surface area contributed by atoms with Crippen LogP contribution < -0.4 is 15.5 Å². The van der Waals surface area contributed by atoms with Crippen LogP contribution in [0.1, 0.15) is 34.1 Å². The highest BCUT2D eigenvalue weighted by atomic mass is 32.2. The lowest BCUT2D eigenvalue weighted by Gasteiger charge is -2.25. The van der Waals surface area contributed by atoms with E-state index >= 15 is 0 Å². The fourth-order valence-electron chi connectivity index (χ4n) is 2.17. The highest BCUT2D eigenvalue weighted by molar-refractivity contribution is 7.99. The molecular formula is C20H36N2O12PS-. The van der Waals surface area contributed by atoms with E-state index < -0.39 is 51.8 Å². The van der Waals surface area contributed by atoms with Gasteiger partial charge in [0.25, 0.3) is 7.82 Å². The van der Waals surface area contributed by atoms with Crippen molar-refractivity contribution < 1.29 is 56.6 Å². The average molecular weight is 560 g/mol. The quantitative estimate of drug-likeness (QED) is 0.0902. The largest absolute Gasteiger partial charge is 0.756 e. The second-order valence-electron chi connectivity index (χ2n) is 7.30. The van der Waals surface area contributed by atoms with Crippen molar-refractivity contribution in [3.8, 4) is 0 Å². The SMILES string of the molecule is CC(=O)OC[C@H](COP(=O)([O-])OCCNC(=O)OCCOCCNC(=O)CCSC(C)C)OC(C)=O. The first-order valence-corrected chi connectivity index (χ1v) is 13.7. The summed E-state index contributed by atoms with van der Waals surface area (Å²) in [7, 11) is -4.78. The monoisotopic (exact) mass is 559 g/mol. The molecule has 2 amide bonds. The standard InChI is InChI=1S/C20H37N2O12PS/c1-15(2)36-12-5-19(25)21-6-8-29-10-11-30-20(26)22-7-9-32-35(27,28)33-14-18(34-17(4)24)13-31-16(3)23/h15,18H,5-14H2,1-4H3,(H,21,25)(H,22,26)(H,27,28)/p-1/t18-/m1/s1. The van der Waals surface area contributed by atoms with E-state index in [1.807, 2.05) is 0 Å². The third-order valence-electron chi connectivity index (χ3n) is 3.65. The summed E-state index contributed by atoms with van der Waals surface area (Å²) < 4.78 is 40.5. The molecule has 0 aliphatic heterocycles. The normalized spacial score (nSPS) is 13.4. The van der Waals surface area contributed by atoms with E-state index in [0.29, 0.717) is 18.2 Å². The van der Waals surface area contributed by atoms with E-state index in [2.05, 4.69) is 38.3 Å². The second kappa shape index (κ2) is 20.2. The Labute approximate surface area is 215 Å². The number of carbonyl (C=O) groups is 4. The van der Waals surface area contributed by atoms with Gasteiger partial charge in [0.2, 0.25) is 5.91 Å². The van der Waals surface area contributed by atoms with Gasteiger partial charge in [0.05, 0.1) is 26.4 Å². The predicted molar refractivity (Wildman–Crippen MR) is 127 cm³/mol. The van der Waals surface area contributed by atoms with Gasteiger partial charge < -0.3 is 43.5 Å². The molecule has 0 aromatic carbocycles. The molecule has 2 N–H and O–H groups in total. The van der Waals surface area contributed by atoms with Gasteiger partial charge in [0.1, 0.15) is 13.2 Å². The lowest BCUT2D eigenvalue weighted by Crippen LogP contribution is -2.31. The Bertz CT molecular complexity index is 725. The van der Waals surface area contributed by atoms with E-state index in [-0.39, 0.29) is 32.3 Å². The van der Waals surface area contributed by atoms with E-state index in [1.165, 1.54) is 0 Å². The van der Waals surface area contributed by atoms with Crippen LogP contribution in [0.4, 0.5) is 4.79 Å². The van der Waals surface area contributed by atoms with Gasteiger partial charge in [-0.15, -0.1) is 0 Å². The number of carbonyl (C=O) groups excluding carboxylic acids is 4. The maximum Gasteiger partial charge on any atom is 0.407 e. The highest BCUT2D eigenvalue weighted by Crippen LogP contribution is 2.38. The van der Waals surface area contributed by atoms with Crippen molar-refractivity contribution in [3.05, 3.63) is 0 Å². The molecule has 0 saturated heterocycles. The molecule has 0 bridgehead atoms. The van der Waals surface area contributed by atoms with Crippen molar-refractivity contribution in [1.29, 1.82) is 0 Å². The summed E-state index contributed by atoms with van der Waals surface area (Å²) in [6, 6.07) is 0. The molecule has 0 radical (unpaired) electrons. The maximum absolute atomic E-state index is 11.8. The van der Waals surface area contributed by atoms with Crippen molar-refractivity contribution in [2.75, 3.05) is 58.5 Å². The van der Waals surface area contributed by atoms with E-state index in [9.17, 15) is 28.6 Å². The van der Waals surface area contributed by atoms with Gasteiger partial charge in [0.15, 0.2) is 6.10 Å². The van der Waals surface area contributed by atoms with Crippen LogP contribution in [0.15, 0.2) is 0 Å². The zero-order chi connectivity index (χ0) is 27.4. The summed E-state index contributed by atoms with van der Waals surface area (Å²) in [5, 5.41) is 5.48. The van der Waals surface area contributed by atoms with Crippen LogP contribution in [0.5, 0.6) is 0 Å². The minimum Gasteiger partial charge on any atom is -0.756 e. The van der Waals surface area contributed by atoms with E-state index in [4.69, 9.17) is 14.2 Å². The lowest BCUT2D eigenvalue weighted by molar-refractivity contribution is -0.228. The van der Waals surface area contributed by atoms with Gasteiger partial charge >= 0.3 is 18.0 Å². The fourth-order valence-corrected chi connectivity index (χ4v) is 3.68. The molecule has 2 atom stereocenters. The molecule has 0 saturated carbocycles. The van der Waals surface area contributed by atoms with Gasteiger partial charge in [-0.2, -0.15) is 11.8 Å². The number of alkyl carbamates (subject to hydrolysis) is 1. The summed E-state index contributed by atoms with van der Waals surface area (Å²) >= 11 is 1.71. The molecule has 0 aliphatic rings. The minimum absolute atomic E-state index is 0.0469. The number of hydrogen-bond acceptors (Lipinski definition) is 13. The van der Waals surface area contributed by atoms with Crippen LogP contribution in [-0.2, 0) is 46.9 Å². The van der Waals surface area contributed by atoms with Crippen molar-refractivity contribution in [1.82, 2.24) is 10.6 Å². The average Bonchev–Trinajstić information content (AvgIpc) is 2.77. The smallest absolute Gasteiger partial charge is 0.407 e. The third-order valence-corrected chi connectivity index (χ3v) is 5.72. The van der Waals surface area contributed by atoms with Crippen molar-refractivity contribution in [3.63, 3.8) is 0 Å². The number of thioether (sulfide) groups is 1. The summed E-state index contributed by atoms with van der Waals surface area (Å²) in [6.45, 7) is 5.39. The first kappa shape index (κ1) is 34.1. The van der Waals surface area contributed by atoms with E-state index in [1.54, 1.807) is 11.8 Å². The third kappa shape index (κ3) is 22.6. The highest BCUT2D eigenvalue weighted by Gasteiger charge is 2.19. The minimum atomic E-state index is -4.78. The first-order chi connectivity index (χ1) is 16.9. The van der Waals surface area contributed by atoms with Gasteiger partial charge in [-0.25, -0.2) is 4.79 Å². The Morgan fingerprint density at radius 2 is 1.58 bits per heavy atom. The topological polar surface area (TPSA) is 188 Å². The zero-order valence-corrected chi connectivity index (χ0v) is 22.7. The number of amides is 2. The van der Waals surface area contributed by atoms with E-state index in [0.717, 1.165) is 19.6 Å². The number of esters is 2. The molecule has 0 rings (SSSR count). The molecule has 0 aliphatic carbocycles. The predicted octanol–water partition coefficient (Wildman–Crippen LogP) is 0.374. The number of nitrogens with one attached hydrogen (secondary N) is 2. The fraction of sp³-hybridized carbons (Fsp3) is 0.800. The molecule has 0 heterocycles. The van der Waals surface area contributed by atoms with Gasteiger partial charge in [-0.3, -0.25) is 18.9 Å².